The van der Waals surface area contributed by atoms with Gasteiger partial charge in [0, 0.05) is 13.5 Å². The van der Waals surface area contributed by atoms with E-state index in [0.29, 0.717) is 23.7 Å². The maximum atomic E-state index is 12.0. The van der Waals surface area contributed by atoms with Gasteiger partial charge in [-0.2, -0.15) is 4.37 Å². The van der Waals surface area contributed by atoms with Gasteiger partial charge in [-0.3, -0.25) is 4.79 Å². The number of hydrogen-bond donors (Lipinski definition) is 2. The van der Waals surface area contributed by atoms with Gasteiger partial charge in [0.1, 0.15) is 10.6 Å². The Hall–Kier alpha value is -1.47. The summed E-state index contributed by atoms with van der Waals surface area (Å²) in [4.78, 5) is 24.5. The minimum atomic E-state index is -1.05. The molecule has 1 aromatic heterocycles. The predicted octanol–water partition coefficient (Wildman–Crippen LogP) is 1.63. The number of aromatic nitrogens is 1. The number of amides is 1. The smallest absolute Gasteiger partial charge is 0.340 e. The van der Waals surface area contributed by atoms with Crippen LogP contribution in [0.4, 0.5) is 5.00 Å². The largest absolute Gasteiger partial charge is 0.478 e. The van der Waals surface area contributed by atoms with Crippen molar-refractivity contribution >= 4 is 28.4 Å². The van der Waals surface area contributed by atoms with E-state index in [9.17, 15) is 9.59 Å². The molecule has 1 rings (SSSR count). The number of nitrogens with two attached hydrogens (primary N) is 1. The Labute approximate surface area is 116 Å². The van der Waals surface area contributed by atoms with Crippen molar-refractivity contribution in [1.82, 2.24) is 4.37 Å². The molecular formula is C12H19N3O3S. The molecule has 0 radical (unpaired) electrons. The van der Waals surface area contributed by atoms with Crippen LogP contribution in [0.1, 0.15) is 41.7 Å². The molecule has 1 heterocycles. The monoisotopic (exact) mass is 285 g/mol. The third-order valence-corrected chi connectivity index (χ3v) is 3.85. The molecule has 3 N–H and O–H groups in total. The van der Waals surface area contributed by atoms with Crippen LogP contribution in [-0.2, 0) is 4.79 Å². The summed E-state index contributed by atoms with van der Waals surface area (Å²) in [5.74, 6) is -1.15. The summed E-state index contributed by atoms with van der Waals surface area (Å²) < 4.78 is 4.00. The molecule has 0 fully saturated rings. The number of aromatic carboxylic acids is 1. The number of carboxylic acids is 1. The van der Waals surface area contributed by atoms with Crippen LogP contribution in [0.25, 0.3) is 0 Å². The summed E-state index contributed by atoms with van der Waals surface area (Å²) in [7, 11) is 1.59. The Morgan fingerprint density at radius 2 is 2.05 bits per heavy atom. The van der Waals surface area contributed by atoms with Gasteiger partial charge in [0.15, 0.2) is 0 Å². The molecule has 1 aromatic rings. The highest BCUT2D eigenvalue weighted by Crippen LogP contribution is 2.28. The highest BCUT2D eigenvalue weighted by atomic mass is 32.1. The average molecular weight is 285 g/mol. The first-order valence-electron chi connectivity index (χ1n) is 6.15. The standard InChI is InChI=1S/C12H19N3O3S/c1-8-10(12(17)18)11(19-14-8)15(2)9(16)6-4-3-5-7-13/h3-7,13H2,1-2H3,(H,17,18). The number of nitrogens with zero attached hydrogens (tertiary/aromatic N) is 2. The highest BCUT2D eigenvalue weighted by molar-refractivity contribution is 7.11. The summed E-state index contributed by atoms with van der Waals surface area (Å²) in [5.41, 5.74) is 5.94. The van der Waals surface area contributed by atoms with Crippen molar-refractivity contribution in [1.29, 1.82) is 0 Å². The van der Waals surface area contributed by atoms with Gasteiger partial charge in [-0.05, 0) is 37.8 Å². The summed E-state index contributed by atoms with van der Waals surface area (Å²) in [6.07, 6.45) is 2.97. The predicted molar refractivity (Wildman–Crippen MR) is 74.7 cm³/mol. The number of anilines is 1. The van der Waals surface area contributed by atoms with E-state index in [0.717, 1.165) is 30.8 Å². The molecule has 106 valence electrons. The minimum Gasteiger partial charge on any atom is -0.478 e. The Bertz CT molecular complexity index is 459. The lowest BCUT2D eigenvalue weighted by Gasteiger charge is -2.15. The van der Waals surface area contributed by atoms with Crippen molar-refractivity contribution in [2.75, 3.05) is 18.5 Å². The van der Waals surface area contributed by atoms with Crippen molar-refractivity contribution in [2.45, 2.75) is 32.6 Å². The molecule has 0 saturated heterocycles. The number of carbonyl (C=O) groups excluding carboxylic acids is 1. The van der Waals surface area contributed by atoms with Crippen LogP contribution < -0.4 is 10.6 Å². The second-order valence-electron chi connectivity index (χ2n) is 4.31. The van der Waals surface area contributed by atoms with Gasteiger partial charge >= 0.3 is 5.97 Å². The van der Waals surface area contributed by atoms with Gasteiger partial charge in [-0.25, -0.2) is 4.79 Å². The third-order valence-electron chi connectivity index (χ3n) is 2.83. The van der Waals surface area contributed by atoms with E-state index in [4.69, 9.17) is 10.8 Å². The van der Waals surface area contributed by atoms with Gasteiger partial charge in [0.25, 0.3) is 0 Å². The molecule has 19 heavy (non-hydrogen) atoms. The lowest BCUT2D eigenvalue weighted by molar-refractivity contribution is -0.118. The number of hydrogen-bond acceptors (Lipinski definition) is 5. The maximum Gasteiger partial charge on any atom is 0.340 e. The van der Waals surface area contributed by atoms with E-state index in [1.54, 1.807) is 14.0 Å². The molecule has 0 aliphatic rings. The van der Waals surface area contributed by atoms with Gasteiger partial charge in [0.05, 0.1) is 5.69 Å². The van der Waals surface area contributed by atoms with E-state index >= 15 is 0 Å². The zero-order valence-electron chi connectivity index (χ0n) is 11.2. The molecule has 0 saturated carbocycles. The molecule has 0 spiro atoms. The van der Waals surface area contributed by atoms with Crippen LogP contribution in [0.3, 0.4) is 0 Å². The fourth-order valence-corrected chi connectivity index (χ4v) is 2.58. The number of unbranched alkanes of at least 4 members (excludes halogenated alkanes) is 2. The molecule has 0 atom stereocenters. The Balaban J connectivity index is 2.69. The topological polar surface area (TPSA) is 96.5 Å². The van der Waals surface area contributed by atoms with Crippen LogP contribution in [0.2, 0.25) is 0 Å². The third kappa shape index (κ3) is 4.00. The zero-order chi connectivity index (χ0) is 14.4. The lowest BCUT2D eigenvalue weighted by Crippen LogP contribution is -2.26. The number of carboxylic acid groups (broad SMARTS) is 1. The molecule has 0 unspecified atom stereocenters. The number of carbonyl (C=O) groups is 2. The first-order chi connectivity index (χ1) is 8.99. The second kappa shape index (κ2) is 7.20. The number of rotatable bonds is 7. The molecule has 0 aliphatic heterocycles. The minimum absolute atomic E-state index is 0.0943. The average Bonchev–Trinajstić information content (AvgIpc) is 2.75. The van der Waals surface area contributed by atoms with Crippen molar-refractivity contribution in [3.63, 3.8) is 0 Å². The summed E-state index contributed by atoms with van der Waals surface area (Å²) >= 11 is 1.04. The molecular weight excluding hydrogens is 266 g/mol. The van der Waals surface area contributed by atoms with E-state index in [-0.39, 0.29) is 11.5 Å². The van der Waals surface area contributed by atoms with E-state index in [1.807, 2.05) is 0 Å². The van der Waals surface area contributed by atoms with Gasteiger partial charge in [-0.1, -0.05) is 6.42 Å². The van der Waals surface area contributed by atoms with Crippen LogP contribution in [-0.4, -0.2) is 34.9 Å². The molecule has 7 heteroatoms. The van der Waals surface area contributed by atoms with Gasteiger partial charge in [0.2, 0.25) is 5.91 Å². The Kier molecular flexibility index (Phi) is 5.91. The molecule has 6 nitrogen and oxygen atoms in total. The van der Waals surface area contributed by atoms with E-state index in [1.165, 1.54) is 4.90 Å². The summed E-state index contributed by atoms with van der Waals surface area (Å²) in [5, 5.41) is 9.52. The molecule has 1 amide bonds. The fourth-order valence-electron chi connectivity index (χ4n) is 1.71. The lowest BCUT2D eigenvalue weighted by atomic mass is 10.2. The van der Waals surface area contributed by atoms with Crippen molar-refractivity contribution in [3.05, 3.63) is 11.3 Å². The van der Waals surface area contributed by atoms with Gasteiger partial charge < -0.3 is 15.7 Å². The number of aryl methyl sites for hydroxylation is 1. The first-order valence-corrected chi connectivity index (χ1v) is 6.92. The SMILES string of the molecule is Cc1nsc(N(C)C(=O)CCCCCN)c1C(=O)O. The van der Waals surface area contributed by atoms with Crippen molar-refractivity contribution in [3.8, 4) is 0 Å². The zero-order valence-corrected chi connectivity index (χ0v) is 12.0. The summed E-state index contributed by atoms with van der Waals surface area (Å²) in [6.45, 7) is 2.25. The molecule has 0 aromatic carbocycles. The van der Waals surface area contributed by atoms with Crippen molar-refractivity contribution < 1.29 is 14.7 Å². The second-order valence-corrected chi connectivity index (χ2v) is 5.06. The van der Waals surface area contributed by atoms with Crippen LogP contribution in [0.15, 0.2) is 0 Å². The maximum absolute atomic E-state index is 12.0. The van der Waals surface area contributed by atoms with Crippen LogP contribution >= 0.6 is 11.5 Å². The van der Waals surface area contributed by atoms with Crippen LogP contribution in [0.5, 0.6) is 0 Å². The van der Waals surface area contributed by atoms with E-state index < -0.39 is 5.97 Å². The molecule has 0 aliphatic carbocycles. The Morgan fingerprint density at radius 1 is 1.37 bits per heavy atom. The fraction of sp³-hybridized carbons (Fsp3) is 0.583. The van der Waals surface area contributed by atoms with Gasteiger partial charge in [-0.15, -0.1) is 0 Å². The first kappa shape index (κ1) is 15.6. The quantitative estimate of drug-likeness (QED) is 0.742. The van der Waals surface area contributed by atoms with Crippen molar-refractivity contribution in [2.24, 2.45) is 5.73 Å². The van der Waals surface area contributed by atoms with E-state index in [2.05, 4.69) is 4.37 Å². The summed E-state index contributed by atoms with van der Waals surface area (Å²) in [6, 6.07) is 0. The molecule has 0 bridgehead atoms. The van der Waals surface area contributed by atoms with Crippen LogP contribution in [0, 0.1) is 6.92 Å². The highest BCUT2D eigenvalue weighted by Gasteiger charge is 2.23. The Morgan fingerprint density at radius 3 is 2.63 bits per heavy atom. The normalized spacial score (nSPS) is 10.5.